The van der Waals surface area contributed by atoms with E-state index in [0.717, 1.165) is 11.1 Å². The predicted octanol–water partition coefficient (Wildman–Crippen LogP) is 3.28. The number of benzene rings is 1. The van der Waals surface area contributed by atoms with Gasteiger partial charge in [0.25, 0.3) is 0 Å². The quantitative estimate of drug-likeness (QED) is 0.792. The number of nitrogens with zero attached hydrogens (tertiary/aromatic N) is 2. The lowest BCUT2D eigenvalue weighted by molar-refractivity contribution is 0.300. The first-order chi connectivity index (χ1) is 9.78. The van der Waals surface area contributed by atoms with Crippen LogP contribution in [0.25, 0.3) is 0 Å². The summed E-state index contributed by atoms with van der Waals surface area (Å²) >= 11 is 5.88. The Morgan fingerprint density at radius 2 is 2.15 bits per heavy atom. The van der Waals surface area contributed by atoms with Crippen LogP contribution in [-0.2, 0) is 12.5 Å². The SMILES string of the molecule is COc1ccc(CCl)c(OCc2cccnc2C#N)c1. The Labute approximate surface area is 122 Å². The molecule has 102 valence electrons. The molecule has 4 nitrogen and oxygen atoms in total. The molecule has 20 heavy (non-hydrogen) atoms. The fourth-order valence-corrected chi connectivity index (χ4v) is 1.94. The number of halogens is 1. The lowest BCUT2D eigenvalue weighted by Crippen LogP contribution is -2.01. The highest BCUT2D eigenvalue weighted by Gasteiger charge is 2.08. The van der Waals surface area contributed by atoms with Crippen molar-refractivity contribution in [3.8, 4) is 17.6 Å². The van der Waals surface area contributed by atoms with Crippen molar-refractivity contribution in [1.82, 2.24) is 4.98 Å². The number of hydrogen-bond donors (Lipinski definition) is 0. The molecule has 0 fully saturated rings. The van der Waals surface area contributed by atoms with Gasteiger partial charge in [-0.3, -0.25) is 0 Å². The van der Waals surface area contributed by atoms with Crippen molar-refractivity contribution < 1.29 is 9.47 Å². The van der Waals surface area contributed by atoms with E-state index in [2.05, 4.69) is 4.98 Å². The van der Waals surface area contributed by atoms with Gasteiger partial charge in [0.15, 0.2) is 0 Å². The molecule has 0 amide bonds. The molecule has 0 radical (unpaired) electrons. The molecule has 0 saturated heterocycles. The third-order valence-electron chi connectivity index (χ3n) is 2.80. The molecule has 0 atom stereocenters. The second kappa shape index (κ2) is 6.78. The van der Waals surface area contributed by atoms with Gasteiger partial charge in [-0.25, -0.2) is 4.98 Å². The Kier molecular flexibility index (Phi) is 4.80. The van der Waals surface area contributed by atoms with Gasteiger partial charge in [0.2, 0.25) is 0 Å². The van der Waals surface area contributed by atoms with Gasteiger partial charge in [0.05, 0.1) is 13.0 Å². The van der Waals surface area contributed by atoms with Crippen LogP contribution in [0, 0.1) is 11.3 Å². The van der Waals surface area contributed by atoms with Gasteiger partial charge in [0.1, 0.15) is 29.9 Å². The number of rotatable bonds is 5. The van der Waals surface area contributed by atoms with Crippen molar-refractivity contribution in [2.24, 2.45) is 0 Å². The fraction of sp³-hybridized carbons (Fsp3) is 0.200. The molecule has 2 aromatic rings. The Balaban J connectivity index is 2.20. The van der Waals surface area contributed by atoms with Crippen molar-refractivity contribution in [2.45, 2.75) is 12.5 Å². The summed E-state index contributed by atoms with van der Waals surface area (Å²) in [5, 5.41) is 8.99. The zero-order chi connectivity index (χ0) is 14.4. The zero-order valence-corrected chi connectivity index (χ0v) is 11.7. The summed E-state index contributed by atoms with van der Waals surface area (Å²) in [7, 11) is 1.59. The average molecular weight is 289 g/mol. The van der Waals surface area contributed by atoms with Crippen molar-refractivity contribution in [3.05, 3.63) is 53.3 Å². The van der Waals surface area contributed by atoms with Crippen LogP contribution in [-0.4, -0.2) is 12.1 Å². The Morgan fingerprint density at radius 3 is 2.85 bits per heavy atom. The summed E-state index contributed by atoms with van der Waals surface area (Å²) < 4.78 is 10.9. The molecular formula is C15H13ClN2O2. The molecule has 1 aromatic carbocycles. The average Bonchev–Trinajstić information content (AvgIpc) is 2.52. The summed E-state index contributed by atoms with van der Waals surface area (Å²) in [5.74, 6) is 1.69. The molecule has 0 saturated carbocycles. The molecule has 0 N–H and O–H groups in total. The van der Waals surface area contributed by atoms with Gasteiger partial charge in [-0.15, -0.1) is 11.6 Å². The minimum Gasteiger partial charge on any atom is -0.497 e. The third-order valence-corrected chi connectivity index (χ3v) is 3.09. The first kappa shape index (κ1) is 14.2. The van der Waals surface area contributed by atoms with Crippen LogP contribution in [0.1, 0.15) is 16.8 Å². The standard InChI is InChI=1S/C15H13ClN2O2/c1-19-13-5-4-11(8-16)15(7-13)20-10-12-3-2-6-18-14(12)9-17/h2-7H,8,10H2,1H3. The fourth-order valence-electron chi connectivity index (χ4n) is 1.72. The number of ether oxygens (including phenoxy) is 2. The Hall–Kier alpha value is -2.25. The van der Waals surface area contributed by atoms with Gasteiger partial charge in [-0.05, 0) is 12.1 Å². The summed E-state index contributed by atoms with van der Waals surface area (Å²) in [5.41, 5.74) is 1.97. The van der Waals surface area contributed by atoms with Crippen LogP contribution in [0.15, 0.2) is 36.5 Å². The van der Waals surface area contributed by atoms with E-state index in [-0.39, 0.29) is 6.61 Å². The Bertz CT molecular complexity index is 638. The van der Waals surface area contributed by atoms with Gasteiger partial charge in [0, 0.05) is 23.4 Å². The van der Waals surface area contributed by atoms with Crippen LogP contribution in [0.4, 0.5) is 0 Å². The molecule has 0 aliphatic rings. The van der Waals surface area contributed by atoms with Crippen molar-refractivity contribution in [2.75, 3.05) is 7.11 Å². The normalized spacial score (nSPS) is 9.85. The number of nitriles is 1. The van der Waals surface area contributed by atoms with Gasteiger partial charge < -0.3 is 9.47 Å². The summed E-state index contributed by atoms with van der Waals surface area (Å²) in [4.78, 5) is 3.99. The van der Waals surface area contributed by atoms with Crippen molar-refractivity contribution in [1.29, 1.82) is 5.26 Å². The number of hydrogen-bond acceptors (Lipinski definition) is 4. The zero-order valence-electron chi connectivity index (χ0n) is 11.0. The van der Waals surface area contributed by atoms with Crippen LogP contribution in [0.2, 0.25) is 0 Å². The van der Waals surface area contributed by atoms with E-state index in [4.69, 9.17) is 26.3 Å². The smallest absolute Gasteiger partial charge is 0.147 e. The maximum absolute atomic E-state index is 8.99. The molecule has 5 heteroatoms. The van der Waals surface area contributed by atoms with E-state index in [0.29, 0.717) is 23.1 Å². The van der Waals surface area contributed by atoms with Gasteiger partial charge in [-0.2, -0.15) is 5.26 Å². The molecule has 0 aliphatic carbocycles. The minimum atomic E-state index is 0.258. The lowest BCUT2D eigenvalue weighted by Gasteiger charge is -2.12. The molecule has 0 unspecified atom stereocenters. The molecule has 1 aromatic heterocycles. The van der Waals surface area contributed by atoms with E-state index >= 15 is 0 Å². The summed E-state index contributed by atoms with van der Waals surface area (Å²) in [6.45, 7) is 0.258. The summed E-state index contributed by atoms with van der Waals surface area (Å²) in [6.07, 6.45) is 1.58. The number of alkyl halides is 1. The predicted molar refractivity (Wildman–Crippen MR) is 75.8 cm³/mol. The first-order valence-electron chi connectivity index (χ1n) is 5.98. The number of methoxy groups -OCH3 is 1. The second-order valence-electron chi connectivity index (χ2n) is 4.02. The van der Waals surface area contributed by atoms with E-state index in [1.54, 1.807) is 25.4 Å². The van der Waals surface area contributed by atoms with Crippen molar-refractivity contribution in [3.63, 3.8) is 0 Å². The number of pyridine rings is 1. The molecule has 0 spiro atoms. The molecule has 1 heterocycles. The van der Waals surface area contributed by atoms with Crippen LogP contribution in [0.5, 0.6) is 11.5 Å². The minimum absolute atomic E-state index is 0.258. The number of aromatic nitrogens is 1. The maximum Gasteiger partial charge on any atom is 0.147 e. The highest BCUT2D eigenvalue weighted by atomic mass is 35.5. The highest BCUT2D eigenvalue weighted by Crippen LogP contribution is 2.27. The van der Waals surface area contributed by atoms with E-state index < -0.39 is 0 Å². The lowest BCUT2D eigenvalue weighted by atomic mass is 10.2. The van der Waals surface area contributed by atoms with Crippen LogP contribution < -0.4 is 9.47 Å². The van der Waals surface area contributed by atoms with E-state index in [9.17, 15) is 0 Å². The molecule has 2 rings (SSSR count). The van der Waals surface area contributed by atoms with Gasteiger partial charge in [-0.1, -0.05) is 12.1 Å². The van der Waals surface area contributed by atoms with E-state index in [1.807, 2.05) is 24.3 Å². The third kappa shape index (κ3) is 3.19. The Morgan fingerprint density at radius 1 is 1.30 bits per heavy atom. The highest BCUT2D eigenvalue weighted by molar-refractivity contribution is 6.17. The first-order valence-corrected chi connectivity index (χ1v) is 6.51. The molecular weight excluding hydrogens is 276 g/mol. The van der Waals surface area contributed by atoms with E-state index in [1.165, 1.54) is 0 Å². The molecule has 0 bridgehead atoms. The monoisotopic (exact) mass is 288 g/mol. The maximum atomic E-state index is 8.99. The second-order valence-corrected chi connectivity index (χ2v) is 4.29. The topological polar surface area (TPSA) is 55.1 Å². The van der Waals surface area contributed by atoms with Crippen LogP contribution in [0.3, 0.4) is 0 Å². The van der Waals surface area contributed by atoms with Crippen LogP contribution >= 0.6 is 11.6 Å². The largest absolute Gasteiger partial charge is 0.497 e. The van der Waals surface area contributed by atoms with Gasteiger partial charge >= 0.3 is 0 Å². The molecule has 0 aliphatic heterocycles. The van der Waals surface area contributed by atoms with Crippen molar-refractivity contribution >= 4 is 11.6 Å². The summed E-state index contributed by atoms with van der Waals surface area (Å²) in [6, 6.07) is 11.1.